The molecule has 144 valence electrons. The van der Waals surface area contributed by atoms with E-state index in [-0.39, 0.29) is 5.75 Å². The van der Waals surface area contributed by atoms with Crippen LogP contribution in [0.15, 0.2) is 78.9 Å². The molecule has 0 saturated heterocycles. The molecule has 3 rings (SSSR count). The molecule has 0 aliphatic rings. The zero-order valence-corrected chi connectivity index (χ0v) is 14.8. The van der Waals surface area contributed by atoms with Gasteiger partial charge < -0.3 is 20.1 Å². The zero-order valence-electron chi connectivity index (χ0n) is 14.8. The second-order valence-electron chi connectivity index (χ2n) is 5.78. The highest BCUT2D eigenvalue weighted by atomic mass is 19.3. The number of rotatable bonds is 7. The van der Waals surface area contributed by atoms with E-state index in [4.69, 9.17) is 4.74 Å². The van der Waals surface area contributed by atoms with Gasteiger partial charge in [0, 0.05) is 11.4 Å². The van der Waals surface area contributed by atoms with Crippen LogP contribution in [0.25, 0.3) is 0 Å². The van der Waals surface area contributed by atoms with Crippen LogP contribution < -0.4 is 20.1 Å². The van der Waals surface area contributed by atoms with Crippen LogP contribution in [0.2, 0.25) is 0 Å². The number of carbonyl (C=O) groups excluding carboxylic acids is 1. The Bertz CT molecular complexity index is 886. The fraction of sp³-hybridized carbons (Fsp3) is 0.0952. The predicted molar refractivity (Wildman–Crippen MR) is 103 cm³/mol. The number of alkyl halides is 2. The highest BCUT2D eigenvalue weighted by molar-refractivity contribution is 5.99. The first-order chi connectivity index (χ1) is 13.6. The number of hydrogen-bond donors (Lipinski definition) is 2. The number of nitrogens with one attached hydrogen (secondary N) is 2. The van der Waals surface area contributed by atoms with Crippen molar-refractivity contribution in [1.82, 2.24) is 0 Å². The van der Waals surface area contributed by atoms with Crippen molar-refractivity contribution in [3.63, 3.8) is 0 Å². The first-order valence-electron chi connectivity index (χ1n) is 8.48. The van der Waals surface area contributed by atoms with Gasteiger partial charge in [0.15, 0.2) is 0 Å². The highest BCUT2D eigenvalue weighted by Gasteiger charge is 2.06. The minimum atomic E-state index is -2.89. The van der Waals surface area contributed by atoms with Crippen molar-refractivity contribution in [3.8, 4) is 11.5 Å². The second kappa shape index (κ2) is 9.36. The first-order valence-corrected chi connectivity index (χ1v) is 8.48. The molecule has 3 aromatic rings. The summed E-state index contributed by atoms with van der Waals surface area (Å²) in [7, 11) is 0. The topological polar surface area (TPSA) is 59.6 Å². The quantitative estimate of drug-likeness (QED) is 0.565. The van der Waals surface area contributed by atoms with E-state index in [0.29, 0.717) is 18.0 Å². The van der Waals surface area contributed by atoms with Gasteiger partial charge in [-0.3, -0.25) is 0 Å². The number of anilines is 2. The summed E-state index contributed by atoms with van der Waals surface area (Å²) in [6.45, 7) is -2.47. The van der Waals surface area contributed by atoms with Gasteiger partial charge >= 0.3 is 12.6 Å². The molecule has 0 spiro atoms. The van der Waals surface area contributed by atoms with Crippen LogP contribution in [-0.2, 0) is 6.61 Å². The fourth-order valence-electron chi connectivity index (χ4n) is 2.38. The van der Waals surface area contributed by atoms with Crippen LogP contribution in [0.1, 0.15) is 5.56 Å². The molecule has 0 aliphatic heterocycles. The van der Waals surface area contributed by atoms with Crippen molar-refractivity contribution in [1.29, 1.82) is 0 Å². The molecule has 5 nitrogen and oxygen atoms in total. The molecule has 0 unspecified atom stereocenters. The molecule has 0 fully saturated rings. The van der Waals surface area contributed by atoms with Gasteiger partial charge in [0.1, 0.15) is 18.1 Å². The highest BCUT2D eigenvalue weighted by Crippen LogP contribution is 2.18. The molecule has 2 amide bonds. The van der Waals surface area contributed by atoms with Crippen LogP contribution >= 0.6 is 0 Å². The Morgan fingerprint density at radius 2 is 1.36 bits per heavy atom. The average Bonchev–Trinajstić information content (AvgIpc) is 2.69. The molecular weight excluding hydrogens is 366 g/mol. The molecule has 2 N–H and O–H groups in total. The van der Waals surface area contributed by atoms with Crippen LogP contribution in [-0.4, -0.2) is 12.6 Å². The third-order valence-electron chi connectivity index (χ3n) is 3.70. The number of ether oxygens (including phenoxy) is 2. The smallest absolute Gasteiger partial charge is 0.387 e. The van der Waals surface area contributed by atoms with E-state index in [2.05, 4.69) is 15.4 Å². The number of benzene rings is 3. The Hall–Kier alpha value is -3.61. The minimum absolute atomic E-state index is 0.0225. The number of urea groups is 1. The summed E-state index contributed by atoms with van der Waals surface area (Å²) in [6, 6.07) is 21.9. The lowest BCUT2D eigenvalue weighted by Gasteiger charge is -2.10. The monoisotopic (exact) mass is 384 g/mol. The van der Waals surface area contributed by atoms with Crippen molar-refractivity contribution in [2.75, 3.05) is 10.6 Å². The minimum Gasteiger partial charge on any atom is -0.489 e. The van der Waals surface area contributed by atoms with Crippen molar-refractivity contribution in [2.45, 2.75) is 13.2 Å². The van der Waals surface area contributed by atoms with Gasteiger partial charge in [0.25, 0.3) is 0 Å². The van der Waals surface area contributed by atoms with E-state index in [1.54, 1.807) is 12.1 Å². The van der Waals surface area contributed by atoms with E-state index >= 15 is 0 Å². The number of amides is 2. The van der Waals surface area contributed by atoms with Crippen molar-refractivity contribution >= 4 is 17.4 Å². The first kappa shape index (κ1) is 19.2. The van der Waals surface area contributed by atoms with Crippen LogP contribution in [0.4, 0.5) is 25.0 Å². The van der Waals surface area contributed by atoms with Crippen molar-refractivity contribution < 1.29 is 23.0 Å². The number of hydrogen-bond acceptors (Lipinski definition) is 3. The molecule has 0 atom stereocenters. The van der Waals surface area contributed by atoms with Gasteiger partial charge in [0.05, 0.1) is 0 Å². The van der Waals surface area contributed by atoms with E-state index in [9.17, 15) is 13.6 Å². The third-order valence-corrected chi connectivity index (χ3v) is 3.70. The average molecular weight is 384 g/mol. The largest absolute Gasteiger partial charge is 0.489 e. The van der Waals surface area contributed by atoms with E-state index in [0.717, 1.165) is 11.3 Å². The molecule has 28 heavy (non-hydrogen) atoms. The van der Waals surface area contributed by atoms with Crippen LogP contribution in [0, 0.1) is 0 Å². The predicted octanol–water partition coefficient (Wildman–Crippen LogP) is 5.51. The normalized spacial score (nSPS) is 10.4. The van der Waals surface area contributed by atoms with Crippen LogP contribution in [0.3, 0.4) is 0 Å². The Morgan fingerprint density at radius 3 is 1.93 bits per heavy atom. The molecule has 0 heterocycles. The van der Waals surface area contributed by atoms with E-state index in [1.807, 2.05) is 42.5 Å². The maximum Gasteiger partial charge on any atom is 0.387 e. The molecule has 3 aromatic carbocycles. The van der Waals surface area contributed by atoms with Gasteiger partial charge in [-0.25, -0.2) is 4.79 Å². The summed E-state index contributed by atoms with van der Waals surface area (Å²) in [4.78, 5) is 12.0. The lowest BCUT2D eigenvalue weighted by Crippen LogP contribution is -2.19. The Morgan fingerprint density at radius 1 is 0.786 bits per heavy atom. The van der Waals surface area contributed by atoms with Crippen LogP contribution in [0.5, 0.6) is 11.5 Å². The summed E-state index contributed by atoms with van der Waals surface area (Å²) < 4.78 is 34.2. The summed E-state index contributed by atoms with van der Waals surface area (Å²) in [5, 5.41) is 5.31. The summed E-state index contributed by atoms with van der Waals surface area (Å²) in [5.41, 5.74) is 2.02. The standard InChI is InChI=1S/C21H18F2N2O3/c22-20(23)28-19-12-10-17(11-13-19)25-21(26)24-16-8-6-15(7-9-16)14-27-18-4-2-1-3-5-18/h1-13,20H,14H2,(H2,24,25,26). The zero-order chi connectivity index (χ0) is 19.8. The molecule has 0 radical (unpaired) electrons. The van der Waals surface area contributed by atoms with Gasteiger partial charge in [0.2, 0.25) is 0 Å². The summed E-state index contributed by atoms with van der Waals surface area (Å²) >= 11 is 0. The van der Waals surface area contributed by atoms with Gasteiger partial charge in [-0.05, 0) is 54.1 Å². The lowest BCUT2D eigenvalue weighted by atomic mass is 10.2. The Labute approximate surface area is 160 Å². The Kier molecular flexibility index (Phi) is 6.41. The Balaban J connectivity index is 1.48. The number of halogens is 2. The molecule has 0 aliphatic carbocycles. The lowest BCUT2D eigenvalue weighted by molar-refractivity contribution is -0.0498. The molecule has 7 heteroatoms. The van der Waals surface area contributed by atoms with Crippen molar-refractivity contribution in [3.05, 3.63) is 84.4 Å². The SMILES string of the molecule is O=C(Nc1ccc(COc2ccccc2)cc1)Nc1ccc(OC(F)F)cc1. The number of carbonyl (C=O) groups is 1. The van der Waals surface area contributed by atoms with Gasteiger partial charge in [-0.1, -0.05) is 30.3 Å². The molecule has 0 aromatic heterocycles. The summed E-state index contributed by atoms with van der Waals surface area (Å²) in [5.74, 6) is 0.809. The molecule has 0 saturated carbocycles. The maximum atomic E-state index is 12.1. The third kappa shape index (κ3) is 5.98. The molecule has 0 bridgehead atoms. The summed E-state index contributed by atoms with van der Waals surface area (Å²) in [6.07, 6.45) is 0. The maximum absolute atomic E-state index is 12.1. The second-order valence-corrected chi connectivity index (χ2v) is 5.78. The van der Waals surface area contributed by atoms with E-state index < -0.39 is 12.6 Å². The fourth-order valence-corrected chi connectivity index (χ4v) is 2.38. The van der Waals surface area contributed by atoms with Gasteiger partial charge in [-0.15, -0.1) is 0 Å². The van der Waals surface area contributed by atoms with E-state index in [1.165, 1.54) is 24.3 Å². The van der Waals surface area contributed by atoms with Crippen molar-refractivity contribution in [2.24, 2.45) is 0 Å². The van der Waals surface area contributed by atoms with Gasteiger partial charge in [-0.2, -0.15) is 8.78 Å². The molecular formula is C21H18F2N2O3. The number of para-hydroxylation sites is 1.